The largest absolute Gasteiger partial charge is 0.364 e. The van der Waals surface area contributed by atoms with Crippen LogP contribution in [0.1, 0.15) is 37.6 Å². The van der Waals surface area contributed by atoms with E-state index in [0.717, 1.165) is 24.2 Å². The van der Waals surface area contributed by atoms with Crippen LogP contribution < -0.4 is 5.32 Å². The molecule has 0 aliphatic carbocycles. The van der Waals surface area contributed by atoms with Gasteiger partial charge in [0.15, 0.2) is 0 Å². The van der Waals surface area contributed by atoms with Crippen molar-refractivity contribution in [3.63, 3.8) is 0 Å². The van der Waals surface area contributed by atoms with Crippen LogP contribution in [-0.2, 0) is 0 Å². The zero-order valence-corrected chi connectivity index (χ0v) is 10.7. The minimum absolute atomic E-state index is 0.109. The SMILES string of the molecule is CCCN1C(=O)c2ccccc2NC1C(C)C. The van der Waals surface area contributed by atoms with Gasteiger partial charge in [0.25, 0.3) is 5.91 Å². The van der Waals surface area contributed by atoms with Crippen LogP contribution in [0.4, 0.5) is 5.69 Å². The number of hydrogen-bond acceptors (Lipinski definition) is 2. The Morgan fingerprint density at radius 2 is 2.06 bits per heavy atom. The molecule has 0 saturated carbocycles. The third-order valence-corrected chi connectivity index (χ3v) is 3.15. The second-order valence-corrected chi connectivity index (χ2v) is 4.88. The van der Waals surface area contributed by atoms with Gasteiger partial charge in [-0.3, -0.25) is 4.79 Å². The fourth-order valence-corrected chi connectivity index (χ4v) is 2.32. The molecule has 17 heavy (non-hydrogen) atoms. The van der Waals surface area contributed by atoms with E-state index in [2.05, 4.69) is 26.1 Å². The Kier molecular flexibility index (Phi) is 3.36. The molecule has 0 saturated heterocycles. The van der Waals surface area contributed by atoms with E-state index < -0.39 is 0 Å². The number of rotatable bonds is 3. The summed E-state index contributed by atoms with van der Waals surface area (Å²) >= 11 is 0. The molecule has 2 rings (SSSR count). The fraction of sp³-hybridized carbons (Fsp3) is 0.500. The normalized spacial score (nSPS) is 19.2. The minimum Gasteiger partial charge on any atom is -0.364 e. The van der Waals surface area contributed by atoms with Crippen LogP contribution in [0.3, 0.4) is 0 Å². The number of carbonyl (C=O) groups excluding carboxylic acids is 1. The molecule has 0 spiro atoms. The molecule has 1 aliphatic rings. The van der Waals surface area contributed by atoms with Gasteiger partial charge in [-0.05, 0) is 24.5 Å². The predicted molar refractivity (Wildman–Crippen MR) is 70.0 cm³/mol. The van der Waals surface area contributed by atoms with Gasteiger partial charge in [0.2, 0.25) is 0 Å². The smallest absolute Gasteiger partial charge is 0.257 e. The number of benzene rings is 1. The molecule has 3 nitrogen and oxygen atoms in total. The summed E-state index contributed by atoms with van der Waals surface area (Å²) in [4.78, 5) is 14.4. The number of carbonyl (C=O) groups is 1. The third-order valence-electron chi connectivity index (χ3n) is 3.15. The average Bonchev–Trinajstić information content (AvgIpc) is 2.32. The lowest BCUT2D eigenvalue weighted by Gasteiger charge is -2.40. The predicted octanol–water partition coefficient (Wildman–Crippen LogP) is 2.95. The van der Waals surface area contributed by atoms with Crippen LogP contribution in [0.2, 0.25) is 0 Å². The maximum Gasteiger partial charge on any atom is 0.257 e. The highest BCUT2D eigenvalue weighted by Crippen LogP contribution is 2.27. The van der Waals surface area contributed by atoms with Crippen molar-refractivity contribution in [1.29, 1.82) is 0 Å². The van der Waals surface area contributed by atoms with E-state index in [4.69, 9.17) is 0 Å². The second kappa shape index (κ2) is 4.78. The zero-order chi connectivity index (χ0) is 12.4. The first-order valence-electron chi connectivity index (χ1n) is 6.31. The number of fused-ring (bicyclic) bond motifs is 1. The van der Waals surface area contributed by atoms with Gasteiger partial charge in [-0.2, -0.15) is 0 Å². The molecule has 0 bridgehead atoms. The Bertz CT molecular complexity index is 414. The summed E-state index contributed by atoms with van der Waals surface area (Å²) in [6.45, 7) is 7.19. The van der Waals surface area contributed by atoms with Gasteiger partial charge in [-0.1, -0.05) is 32.9 Å². The molecule has 3 heteroatoms. The van der Waals surface area contributed by atoms with Crippen molar-refractivity contribution in [1.82, 2.24) is 4.90 Å². The summed E-state index contributed by atoms with van der Waals surface area (Å²) in [6, 6.07) is 7.75. The quantitative estimate of drug-likeness (QED) is 0.869. The van der Waals surface area contributed by atoms with E-state index in [1.165, 1.54) is 0 Å². The van der Waals surface area contributed by atoms with E-state index in [1.807, 2.05) is 29.2 Å². The topological polar surface area (TPSA) is 32.3 Å². The summed E-state index contributed by atoms with van der Waals surface area (Å²) in [6.07, 6.45) is 1.09. The first-order chi connectivity index (χ1) is 8.15. The molecular formula is C14H20N2O. The summed E-state index contributed by atoms with van der Waals surface area (Å²) in [5, 5.41) is 3.47. The van der Waals surface area contributed by atoms with Gasteiger partial charge in [-0.15, -0.1) is 0 Å². The molecule has 92 valence electrons. The third kappa shape index (κ3) is 2.14. The van der Waals surface area contributed by atoms with Crippen molar-refractivity contribution in [2.24, 2.45) is 5.92 Å². The van der Waals surface area contributed by atoms with Gasteiger partial charge >= 0.3 is 0 Å². The van der Waals surface area contributed by atoms with Crippen molar-refractivity contribution >= 4 is 11.6 Å². The van der Waals surface area contributed by atoms with Crippen molar-refractivity contribution in [2.45, 2.75) is 33.4 Å². The molecule has 1 N–H and O–H groups in total. The van der Waals surface area contributed by atoms with Crippen LogP contribution in [0.25, 0.3) is 0 Å². The lowest BCUT2D eigenvalue weighted by Crippen LogP contribution is -2.51. The summed E-state index contributed by atoms with van der Waals surface area (Å²) in [5.74, 6) is 0.554. The Balaban J connectivity index is 2.37. The van der Waals surface area contributed by atoms with Crippen molar-refractivity contribution in [2.75, 3.05) is 11.9 Å². The number of para-hydroxylation sites is 1. The molecule has 1 heterocycles. The average molecular weight is 232 g/mol. The molecule has 0 fully saturated rings. The Hall–Kier alpha value is -1.51. The van der Waals surface area contributed by atoms with Gasteiger partial charge in [-0.25, -0.2) is 0 Å². The van der Waals surface area contributed by atoms with Gasteiger partial charge < -0.3 is 10.2 Å². The van der Waals surface area contributed by atoms with Crippen molar-refractivity contribution < 1.29 is 4.79 Å². The highest BCUT2D eigenvalue weighted by molar-refractivity contribution is 6.01. The molecule has 1 atom stereocenters. The first-order valence-corrected chi connectivity index (χ1v) is 6.31. The second-order valence-electron chi connectivity index (χ2n) is 4.88. The van der Waals surface area contributed by atoms with Crippen molar-refractivity contribution in [3.8, 4) is 0 Å². The molecule has 0 radical (unpaired) electrons. The van der Waals surface area contributed by atoms with Crippen LogP contribution in [-0.4, -0.2) is 23.5 Å². The number of nitrogens with zero attached hydrogens (tertiary/aromatic N) is 1. The maximum absolute atomic E-state index is 12.4. The van der Waals surface area contributed by atoms with Crippen LogP contribution in [0.15, 0.2) is 24.3 Å². The molecule has 0 aromatic heterocycles. The Labute approximate surface area is 103 Å². The lowest BCUT2D eigenvalue weighted by atomic mass is 10.0. The van der Waals surface area contributed by atoms with Crippen LogP contribution in [0, 0.1) is 5.92 Å². The number of amides is 1. The zero-order valence-electron chi connectivity index (χ0n) is 10.7. The molecule has 1 aliphatic heterocycles. The summed E-state index contributed by atoms with van der Waals surface area (Å²) in [7, 11) is 0. The van der Waals surface area contributed by atoms with Gasteiger partial charge in [0.05, 0.1) is 5.56 Å². The van der Waals surface area contributed by atoms with E-state index in [9.17, 15) is 4.79 Å². The molecule has 1 aromatic carbocycles. The molecule has 1 amide bonds. The highest BCUT2D eigenvalue weighted by atomic mass is 16.2. The Morgan fingerprint density at radius 1 is 1.35 bits per heavy atom. The molecule has 1 aromatic rings. The highest BCUT2D eigenvalue weighted by Gasteiger charge is 2.32. The van der Waals surface area contributed by atoms with Crippen LogP contribution in [0.5, 0.6) is 0 Å². The van der Waals surface area contributed by atoms with E-state index in [-0.39, 0.29) is 12.1 Å². The molecular weight excluding hydrogens is 212 g/mol. The van der Waals surface area contributed by atoms with Crippen LogP contribution >= 0.6 is 0 Å². The number of anilines is 1. The minimum atomic E-state index is 0.109. The number of nitrogens with one attached hydrogen (secondary N) is 1. The monoisotopic (exact) mass is 232 g/mol. The summed E-state index contributed by atoms with van der Waals surface area (Å²) in [5.41, 5.74) is 1.75. The van der Waals surface area contributed by atoms with E-state index >= 15 is 0 Å². The number of hydrogen-bond donors (Lipinski definition) is 1. The fourth-order valence-electron chi connectivity index (χ4n) is 2.32. The van der Waals surface area contributed by atoms with Crippen molar-refractivity contribution in [3.05, 3.63) is 29.8 Å². The van der Waals surface area contributed by atoms with E-state index in [1.54, 1.807) is 0 Å². The van der Waals surface area contributed by atoms with Gasteiger partial charge in [0, 0.05) is 12.2 Å². The lowest BCUT2D eigenvalue weighted by molar-refractivity contribution is 0.0640. The molecule has 1 unspecified atom stereocenters. The van der Waals surface area contributed by atoms with E-state index in [0.29, 0.717) is 5.92 Å². The first kappa shape index (κ1) is 12.0. The summed E-state index contributed by atoms with van der Waals surface area (Å²) < 4.78 is 0. The van der Waals surface area contributed by atoms with Gasteiger partial charge in [0.1, 0.15) is 6.17 Å². The standard InChI is InChI=1S/C14H20N2O/c1-4-9-16-13(10(2)3)15-12-8-6-5-7-11(12)14(16)17/h5-8,10,13,15H,4,9H2,1-3H3. The Morgan fingerprint density at radius 3 is 2.71 bits per heavy atom. The maximum atomic E-state index is 12.4.